The van der Waals surface area contributed by atoms with E-state index in [0.717, 1.165) is 12.8 Å². The molecular weight excluding hydrogens is 443 g/mol. The molecule has 2 atom stereocenters. The van der Waals surface area contributed by atoms with Crippen molar-refractivity contribution in [1.82, 2.24) is 0 Å². The number of hydrogen-bond donors (Lipinski definition) is 0. The van der Waals surface area contributed by atoms with Crippen molar-refractivity contribution in [2.24, 2.45) is 0 Å². The molecule has 0 spiro atoms. The Labute approximate surface area is 201 Å². The number of hydrogen-bond acceptors (Lipinski definition) is 0. The van der Waals surface area contributed by atoms with E-state index in [1.165, 1.54) is 22.3 Å². The largest absolute Gasteiger partial charge is 1.00 e. The molecule has 0 heterocycles. The van der Waals surface area contributed by atoms with Crippen LogP contribution in [0.2, 0.25) is 0 Å². The summed E-state index contributed by atoms with van der Waals surface area (Å²) in [6.45, 7) is 14.2. The molecule has 0 radical (unpaired) electrons. The van der Waals surface area contributed by atoms with E-state index in [0.29, 0.717) is 8.45 Å². The molecule has 2 unspecified atom stereocenters. The maximum Gasteiger partial charge on any atom is -1.00 e. The Bertz CT molecular complexity index is 961. The van der Waals surface area contributed by atoms with Gasteiger partial charge in [-0.2, -0.15) is 0 Å². The maximum absolute atomic E-state index is 2.51. The molecule has 4 rings (SSSR count). The van der Waals surface area contributed by atoms with Gasteiger partial charge in [0.15, 0.2) is 0 Å². The van der Waals surface area contributed by atoms with Gasteiger partial charge in [0, 0.05) is 0 Å². The minimum absolute atomic E-state index is 0. The summed E-state index contributed by atoms with van der Waals surface area (Å²) in [4.78, 5) is 0. The SMILES string of the molecule is CCc1cccc2c1C=C(C)[CH]2[Ti+2](=[C](C)C)[CH]1C(C)=Cc2c(CC)cccc21.[Cl-].[Cl-]. The van der Waals surface area contributed by atoms with Crippen LogP contribution in [0.4, 0.5) is 0 Å². The van der Waals surface area contributed by atoms with Crippen LogP contribution in [-0.4, -0.2) is 3.81 Å². The number of benzene rings is 2. The van der Waals surface area contributed by atoms with E-state index in [2.05, 4.69) is 90.1 Å². The normalized spacial score (nSPS) is 18.2. The Balaban J connectivity index is 0.00000160. The summed E-state index contributed by atoms with van der Waals surface area (Å²) < 4.78 is 3.01. The molecule has 0 amide bonds. The van der Waals surface area contributed by atoms with Crippen molar-refractivity contribution in [3.63, 3.8) is 0 Å². The van der Waals surface area contributed by atoms with Gasteiger partial charge in [0.2, 0.25) is 0 Å². The number of aryl methyl sites for hydroxylation is 2. The first-order chi connectivity index (χ1) is 13.5. The van der Waals surface area contributed by atoms with Crippen molar-refractivity contribution in [2.45, 2.75) is 62.8 Å². The summed E-state index contributed by atoms with van der Waals surface area (Å²) in [7, 11) is 0. The van der Waals surface area contributed by atoms with Gasteiger partial charge in [-0.1, -0.05) is 0 Å². The van der Waals surface area contributed by atoms with Gasteiger partial charge >= 0.3 is 177 Å². The Morgan fingerprint density at radius 2 is 1.13 bits per heavy atom. The molecule has 0 bridgehead atoms. The van der Waals surface area contributed by atoms with Crippen LogP contribution in [0, 0.1) is 0 Å². The summed E-state index contributed by atoms with van der Waals surface area (Å²) in [6, 6.07) is 14.0. The van der Waals surface area contributed by atoms with Gasteiger partial charge in [-0.15, -0.1) is 0 Å². The van der Waals surface area contributed by atoms with Crippen molar-refractivity contribution in [2.75, 3.05) is 0 Å². The van der Waals surface area contributed by atoms with Gasteiger partial charge < -0.3 is 24.8 Å². The van der Waals surface area contributed by atoms with Gasteiger partial charge in [-0.3, -0.25) is 0 Å². The molecule has 2 aliphatic rings. The fraction of sp³-hybridized carbons (Fsp3) is 0.370. The molecule has 0 N–H and O–H groups in total. The van der Waals surface area contributed by atoms with Gasteiger partial charge in [-0.05, 0) is 0 Å². The number of allylic oxidation sites excluding steroid dienone is 2. The predicted molar refractivity (Wildman–Crippen MR) is 121 cm³/mol. The van der Waals surface area contributed by atoms with Gasteiger partial charge in [-0.25, -0.2) is 0 Å². The third kappa shape index (κ3) is 4.09. The van der Waals surface area contributed by atoms with Crippen molar-refractivity contribution >= 4 is 16.0 Å². The van der Waals surface area contributed by atoms with Gasteiger partial charge in [0.25, 0.3) is 0 Å². The van der Waals surface area contributed by atoms with Crippen LogP contribution in [0.5, 0.6) is 0 Å². The molecule has 2 aliphatic carbocycles. The van der Waals surface area contributed by atoms with E-state index >= 15 is 0 Å². The fourth-order valence-electron chi connectivity index (χ4n) is 5.42. The van der Waals surface area contributed by atoms with Gasteiger partial charge in [0.05, 0.1) is 0 Å². The molecule has 0 saturated heterocycles. The number of fused-ring (bicyclic) bond motifs is 2. The van der Waals surface area contributed by atoms with Gasteiger partial charge in [0.1, 0.15) is 0 Å². The fourth-order valence-corrected chi connectivity index (χ4v) is 11.4. The van der Waals surface area contributed by atoms with E-state index in [1.54, 1.807) is 26.1 Å². The Kier molecular flexibility index (Phi) is 8.56. The number of rotatable bonds is 4. The van der Waals surface area contributed by atoms with Crippen LogP contribution in [0.15, 0.2) is 47.5 Å². The van der Waals surface area contributed by atoms with E-state index < -0.39 is 17.4 Å². The molecule has 158 valence electrons. The molecule has 0 aromatic heterocycles. The zero-order valence-corrected chi connectivity index (χ0v) is 22.0. The summed E-state index contributed by atoms with van der Waals surface area (Å²) in [5, 5.41) is 0. The van der Waals surface area contributed by atoms with Crippen molar-refractivity contribution < 1.29 is 42.2 Å². The Morgan fingerprint density at radius 3 is 1.47 bits per heavy atom. The molecule has 0 nitrogen and oxygen atoms in total. The van der Waals surface area contributed by atoms with Crippen LogP contribution in [0.3, 0.4) is 0 Å². The minimum Gasteiger partial charge on any atom is -1.00 e. The summed E-state index contributed by atoms with van der Waals surface area (Å²) >= 11 is -1.64. The predicted octanol–water partition coefficient (Wildman–Crippen LogP) is 1.27. The second-order valence-electron chi connectivity index (χ2n) is 8.65. The third-order valence-electron chi connectivity index (χ3n) is 6.70. The zero-order valence-electron chi connectivity index (χ0n) is 18.9. The van der Waals surface area contributed by atoms with E-state index in [-0.39, 0.29) is 24.8 Å². The van der Waals surface area contributed by atoms with Crippen molar-refractivity contribution in [3.8, 4) is 0 Å². The summed E-state index contributed by atoms with van der Waals surface area (Å²) in [5.74, 6) is 0. The standard InChI is InChI=1S/2C12H13.C3H6.2ClH.Ti/c2*1-3-10-5-4-6-11-7-9(2)8-12(10)11;1-3-2;;;/h2*4-8H,3H2,1-2H3;1-2H3;2*1H;/q;;;;;+2/p-2. The first-order valence-corrected chi connectivity index (χ1v) is 13.3. The minimum atomic E-state index is -1.64. The maximum atomic E-state index is 2.51. The summed E-state index contributed by atoms with van der Waals surface area (Å²) in [6.07, 6.45) is 7.25. The molecule has 30 heavy (non-hydrogen) atoms. The Hall–Kier alpha value is -0.916. The third-order valence-corrected chi connectivity index (χ3v) is 12.8. The van der Waals surface area contributed by atoms with Crippen LogP contribution >= 0.6 is 0 Å². The molecule has 2 aromatic rings. The average molecular weight is 475 g/mol. The number of halogens is 2. The molecule has 3 heteroatoms. The molecule has 0 fully saturated rings. The molecule has 0 saturated carbocycles. The zero-order chi connectivity index (χ0) is 20.0. The van der Waals surface area contributed by atoms with Crippen molar-refractivity contribution in [1.29, 1.82) is 0 Å². The monoisotopic (exact) mass is 474 g/mol. The molecule has 0 aliphatic heterocycles. The second-order valence-corrected chi connectivity index (χ2v) is 13.4. The first kappa shape index (κ1) is 25.3. The first-order valence-electron chi connectivity index (χ1n) is 10.7. The van der Waals surface area contributed by atoms with Crippen LogP contribution in [0.25, 0.3) is 12.2 Å². The van der Waals surface area contributed by atoms with E-state index in [1.807, 2.05) is 0 Å². The summed E-state index contributed by atoms with van der Waals surface area (Å²) in [5.41, 5.74) is 12.5. The molecule has 2 aromatic carbocycles. The molecular formula is C27H32Cl2Ti. The second kappa shape index (κ2) is 10.1. The van der Waals surface area contributed by atoms with Crippen molar-refractivity contribution in [3.05, 3.63) is 80.9 Å². The quantitative estimate of drug-likeness (QED) is 0.585. The van der Waals surface area contributed by atoms with E-state index in [9.17, 15) is 0 Å². The smallest absolute Gasteiger partial charge is 1.00 e. The van der Waals surface area contributed by atoms with Crippen LogP contribution in [-0.2, 0) is 30.2 Å². The average Bonchev–Trinajstić information content (AvgIpc) is 3.18. The van der Waals surface area contributed by atoms with Crippen LogP contribution in [0.1, 0.15) is 83.4 Å². The topological polar surface area (TPSA) is 0 Å². The Morgan fingerprint density at radius 1 is 0.733 bits per heavy atom. The van der Waals surface area contributed by atoms with Crippen LogP contribution < -0.4 is 24.8 Å². The van der Waals surface area contributed by atoms with E-state index in [4.69, 9.17) is 0 Å².